The Morgan fingerprint density at radius 1 is 1.44 bits per heavy atom. The summed E-state index contributed by atoms with van der Waals surface area (Å²) in [6.07, 6.45) is 0. The van der Waals surface area contributed by atoms with E-state index in [2.05, 4.69) is 17.2 Å². The third-order valence-corrected chi connectivity index (χ3v) is 3.04. The first kappa shape index (κ1) is 13.3. The summed E-state index contributed by atoms with van der Waals surface area (Å²) in [4.78, 5) is 0. The third-order valence-electron chi connectivity index (χ3n) is 2.21. The molecule has 0 aromatic heterocycles. The van der Waals surface area contributed by atoms with Gasteiger partial charge in [-0.1, -0.05) is 41.3 Å². The molecule has 0 saturated heterocycles. The van der Waals surface area contributed by atoms with Crippen molar-refractivity contribution in [1.82, 2.24) is 5.32 Å². The van der Waals surface area contributed by atoms with Crippen molar-refractivity contribution in [1.29, 1.82) is 0 Å². The van der Waals surface area contributed by atoms with E-state index in [0.29, 0.717) is 23.1 Å². The highest BCUT2D eigenvalue weighted by molar-refractivity contribution is 6.42. The molecule has 1 atom stereocenters. The van der Waals surface area contributed by atoms with Gasteiger partial charge in [-0.3, -0.25) is 5.32 Å². The minimum atomic E-state index is -0.0213. The van der Waals surface area contributed by atoms with Gasteiger partial charge >= 0.3 is 0 Å². The van der Waals surface area contributed by atoms with E-state index in [9.17, 15) is 0 Å². The number of hydrogen-bond donors (Lipinski definition) is 2. The van der Waals surface area contributed by atoms with E-state index in [4.69, 9.17) is 28.9 Å². The highest BCUT2D eigenvalue weighted by Gasteiger charge is 2.13. The maximum Gasteiger partial charge on any atom is 0.0640 e. The molecule has 1 aromatic rings. The van der Waals surface area contributed by atoms with Gasteiger partial charge in [0.05, 0.1) is 16.6 Å². The van der Waals surface area contributed by atoms with E-state index < -0.39 is 0 Å². The van der Waals surface area contributed by atoms with Gasteiger partial charge in [0, 0.05) is 12.6 Å². The molecule has 86 valence electrons. The zero-order valence-electron chi connectivity index (χ0n) is 9.06. The molecule has 1 aromatic carbocycles. The minimum absolute atomic E-state index is 0.0213. The molecule has 0 heterocycles. The molecule has 3 N–H and O–H groups in total. The lowest BCUT2D eigenvalue weighted by molar-refractivity contribution is 0.582. The van der Waals surface area contributed by atoms with Gasteiger partial charge in [0.2, 0.25) is 0 Å². The Morgan fingerprint density at radius 2 is 2.19 bits per heavy atom. The molecule has 1 unspecified atom stereocenters. The van der Waals surface area contributed by atoms with Crippen LogP contribution in [-0.4, -0.2) is 13.1 Å². The zero-order chi connectivity index (χ0) is 12.0. The third kappa shape index (κ3) is 3.40. The molecule has 16 heavy (non-hydrogen) atoms. The summed E-state index contributed by atoms with van der Waals surface area (Å²) in [7, 11) is 0. The van der Waals surface area contributed by atoms with Crippen LogP contribution in [0.3, 0.4) is 0 Å². The maximum atomic E-state index is 6.12. The first-order chi connectivity index (χ1) is 7.70. The Morgan fingerprint density at radius 3 is 2.81 bits per heavy atom. The highest BCUT2D eigenvalue weighted by atomic mass is 35.5. The van der Waals surface area contributed by atoms with E-state index >= 15 is 0 Å². The van der Waals surface area contributed by atoms with Crippen LogP contribution in [0.5, 0.6) is 0 Å². The van der Waals surface area contributed by atoms with Crippen molar-refractivity contribution in [2.24, 2.45) is 5.73 Å². The van der Waals surface area contributed by atoms with Gasteiger partial charge in [0.15, 0.2) is 0 Å². The number of nitrogens with two attached hydrogens (primary N) is 1. The summed E-state index contributed by atoms with van der Waals surface area (Å²) >= 11 is 12.1. The molecule has 0 saturated carbocycles. The summed E-state index contributed by atoms with van der Waals surface area (Å²) in [6, 6.07) is 5.51. The van der Waals surface area contributed by atoms with Crippen molar-refractivity contribution in [2.45, 2.75) is 13.0 Å². The normalized spacial score (nSPS) is 11.8. The molecule has 0 aliphatic rings. The van der Waals surface area contributed by atoms with Gasteiger partial charge in [0.25, 0.3) is 0 Å². The largest absolute Gasteiger partial charge is 0.329 e. The van der Waals surface area contributed by atoms with Gasteiger partial charge in [0.1, 0.15) is 0 Å². The maximum absolute atomic E-state index is 6.12. The fourth-order valence-electron chi connectivity index (χ4n) is 1.37. The Labute approximate surface area is 106 Å². The Hall–Kier alpha value is -0.720. The van der Waals surface area contributed by atoms with Crippen LogP contribution in [0.15, 0.2) is 18.2 Å². The molecule has 0 aliphatic carbocycles. The van der Waals surface area contributed by atoms with Crippen LogP contribution in [0.2, 0.25) is 10.0 Å². The SMILES string of the molecule is CC#CCNC(CN)c1cccc(Cl)c1Cl. The lowest BCUT2D eigenvalue weighted by atomic mass is 10.1. The topological polar surface area (TPSA) is 38.0 Å². The monoisotopic (exact) mass is 256 g/mol. The summed E-state index contributed by atoms with van der Waals surface area (Å²) < 4.78 is 0. The predicted molar refractivity (Wildman–Crippen MR) is 69.7 cm³/mol. The van der Waals surface area contributed by atoms with E-state index in [0.717, 1.165) is 5.56 Å². The molecule has 0 amide bonds. The van der Waals surface area contributed by atoms with Gasteiger partial charge in [-0.2, -0.15) is 0 Å². The molecule has 2 nitrogen and oxygen atoms in total. The second-order valence-electron chi connectivity index (χ2n) is 3.24. The Balaban J connectivity index is 2.85. The van der Waals surface area contributed by atoms with Gasteiger partial charge in [-0.15, -0.1) is 5.92 Å². The van der Waals surface area contributed by atoms with Crippen molar-refractivity contribution in [3.8, 4) is 11.8 Å². The van der Waals surface area contributed by atoms with Gasteiger partial charge < -0.3 is 5.73 Å². The Bertz CT molecular complexity index is 407. The van der Waals surface area contributed by atoms with E-state index in [1.165, 1.54) is 0 Å². The predicted octanol–water partition coefficient (Wildman–Crippen LogP) is 2.61. The summed E-state index contributed by atoms with van der Waals surface area (Å²) in [5.74, 6) is 5.74. The molecule has 0 radical (unpaired) electrons. The first-order valence-corrected chi connectivity index (χ1v) is 5.73. The fourth-order valence-corrected chi connectivity index (χ4v) is 1.81. The van der Waals surface area contributed by atoms with Crippen molar-refractivity contribution < 1.29 is 0 Å². The van der Waals surface area contributed by atoms with Gasteiger partial charge in [-0.25, -0.2) is 0 Å². The number of rotatable bonds is 4. The second-order valence-corrected chi connectivity index (χ2v) is 4.02. The minimum Gasteiger partial charge on any atom is -0.329 e. The summed E-state index contributed by atoms with van der Waals surface area (Å²) in [5.41, 5.74) is 6.61. The van der Waals surface area contributed by atoms with Crippen LogP contribution < -0.4 is 11.1 Å². The van der Waals surface area contributed by atoms with E-state index in [1.54, 1.807) is 13.0 Å². The highest BCUT2D eigenvalue weighted by Crippen LogP contribution is 2.29. The average Bonchev–Trinajstić information content (AvgIpc) is 2.29. The summed E-state index contributed by atoms with van der Waals surface area (Å²) in [6.45, 7) is 2.83. The Kier molecular flexibility index (Phi) is 5.65. The van der Waals surface area contributed by atoms with Crippen molar-refractivity contribution >= 4 is 23.2 Å². The number of nitrogens with one attached hydrogen (secondary N) is 1. The molecule has 0 aliphatic heterocycles. The molecule has 1 rings (SSSR count). The van der Waals surface area contributed by atoms with Crippen LogP contribution in [0, 0.1) is 11.8 Å². The van der Waals surface area contributed by atoms with Crippen molar-refractivity contribution in [3.63, 3.8) is 0 Å². The number of hydrogen-bond acceptors (Lipinski definition) is 2. The molecule has 0 spiro atoms. The van der Waals surface area contributed by atoms with Gasteiger partial charge in [-0.05, 0) is 18.6 Å². The quantitative estimate of drug-likeness (QED) is 0.814. The van der Waals surface area contributed by atoms with Crippen LogP contribution in [0.25, 0.3) is 0 Å². The fraction of sp³-hybridized carbons (Fsp3) is 0.333. The number of halogens is 2. The van der Waals surface area contributed by atoms with E-state index in [1.807, 2.05) is 12.1 Å². The molecular formula is C12H14Cl2N2. The van der Waals surface area contributed by atoms with Crippen LogP contribution in [0.4, 0.5) is 0 Å². The van der Waals surface area contributed by atoms with Crippen LogP contribution in [-0.2, 0) is 0 Å². The van der Waals surface area contributed by atoms with Crippen molar-refractivity contribution in [2.75, 3.05) is 13.1 Å². The summed E-state index contributed by atoms with van der Waals surface area (Å²) in [5, 5.41) is 4.31. The molecule has 0 bridgehead atoms. The van der Waals surface area contributed by atoms with Crippen molar-refractivity contribution in [3.05, 3.63) is 33.8 Å². The first-order valence-electron chi connectivity index (χ1n) is 4.97. The lowest BCUT2D eigenvalue weighted by Crippen LogP contribution is -2.28. The standard InChI is InChI=1S/C12H14Cl2N2/c1-2-3-7-16-11(8-15)9-5-4-6-10(13)12(9)14/h4-6,11,16H,7-8,15H2,1H3. The van der Waals surface area contributed by atoms with E-state index in [-0.39, 0.29) is 6.04 Å². The lowest BCUT2D eigenvalue weighted by Gasteiger charge is -2.17. The van der Waals surface area contributed by atoms with Crippen LogP contribution >= 0.6 is 23.2 Å². The second kappa shape index (κ2) is 6.78. The molecule has 4 heteroatoms. The smallest absolute Gasteiger partial charge is 0.0640 e. The molecule has 0 fully saturated rings. The molecular weight excluding hydrogens is 243 g/mol. The van der Waals surface area contributed by atoms with Crippen LogP contribution in [0.1, 0.15) is 18.5 Å². The number of benzene rings is 1. The average molecular weight is 257 g/mol. The zero-order valence-corrected chi connectivity index (χ0v) is 10.6.